The van der Waals surface area contributed by atoms with Gasteiger partial charge in [0, 0.05) is 11.1 Å². The van der Waals surface area contributed by atoms with E-state index in [-0.39, 0.29) is 6.04 Å². The predicted molar refractivity (Wildman–Crippen MR) is 76.6 cm³/mol. The zero-order valence-corrected chi connectivity index (χ0v) is 10.8. The molecule has 0 amide bonds. The molecule has 0 spiro atoms. The SMILES string of the molecule is CC(Nc1ccc(N)c(N)n1)c1ccc(Cl)cc1. The van der Waals surface area contributed by atoms with Gasteiger partial charge in [0.2, 0.25) is 0 Å². The molecule has 0 aliphatic carbocycles. The summed E-state index contributed by atoms with van der Waals surface area (Å²) in [6, 6.07) is 11.3. The van der Waals surface area contributed by atoms with Gasteiger partial charge in [-0.3, -0.25) is 0 Å². The van der Waals surface area contributed by atoms with Gasteiger partial charge in [-0.1, -0.05) is 23.7 Å². The monoisotopic (exact) mass is 262 g/mol. The lowest BCUT2D eigenvalue weighted by Gasteiger charge is -2.15. The van der Waals surface area contributed by atoms with E-state index in [1.165, 1.54) is 0 Å². The first kappa shape index (κ1) is 12.5. The Morgan fingerprint density at radius 2 is 1.78 bits per heavy atom. The number of anilines is 3. The average Bonchev–Trinajstić information content (AvgIpc) is 2.34. The van der Waals surface area contributed by atoms with Gasteiger partial charge >= 0.3 is 0 Å². The van der Waals surface area contributed by atoms with E-state index >= 15 is 0 Å². The van der Waals surface area contributed by atoms with Gasteiger partial charge in [-0.2, -0.15) is 0 Å². The molecule has 1 atom stereocenters. The van der Waals surface area contributed by atoms with Crippen molar-refractivity contribution in [3.05, 3.63) is 47.0 Å². The van der Waals surface area contributed by atoms with Crippen LogP contribution >= 0.6 is 11.6 Å². The molecule has 5 N–H and O–H groups in total. The van der Waals surface area contributed by atoms with Crippen molar-refractivity contribution in [2.24, 2.45) is 0 Å². The minimum absolute atomic E-state index is 0.109. The van der Waals surface area contributed by atoms with Gasteiger partial charge < -0.3 is 16.8 Å². The summed E-state index contributed by atoms with van der Waals surface area (Å²) in [6.07, 6.45) is 0. The Labute approximate surface area is 111 Å². The zero-order chi connectivity index (χ0) is 13.1. The second kappa shape index (κ2) is 5.14. The highest BCUT2D eigenvalue weighted by molar-refractivity contribution is 6.30. The molecule has 18 heavy (non-hydrogen) atoms. The van der Waals surface area contributed by atoms with E-state index in [4.69, 9.17) is 23.1 Å². The Bertz CT molecular complexity index is 539. The number of rotatable bonds is 3. The number of hydrogen-bond donors (Lipinski definition) is 3. The van der Waals surface area contributed by atoms with Crippen molar-refractivity contribution >= 4 is 28.9 Å². The fourth-order valence-electron chi connectivity index (χ4n) is 1.62. The van der Waals surface area contributed by atoms with Gasteiger partial charge in [-0.05, 0) is 36.8 Å². The Kier molecular flexibility index (Phi) is 3.58. The van der Waals surface area contributed by atoms with Crippen molar-refractivity contribution < 1.29 is 0 Å². The molecule has 5 heteroatoms. The van der Waals surface area contributed by atoms with Crippen molar-refractivity contribution in [1.82, 2.24) is 4.98 Å². The van der Waals surface area contributed by atoms with Crippen LogP contribution in [-0.2, 0) is 0 Å². The molecule has 2 aromatic rings. The van der Waals surface area contributed by atoms with Crippen molar-refractivity contribution in [3.8, 4) is 0 Å². The van der Waals surface area contributed by atoms with Crippen LogP contribution in [0.5, 0.6) is 0 Å². The van der Waals surface area contributed by atoms with E-state index in [0.29, 0.717) is 17.3 Å². The number of pyridine rings is 1. The van der Waals surface area contributed by atoms with Gasteiger partial charge in [-0.15, -0.1) is 0 Å². The summed E-state index contributed by atoms with van der Waals surface area (Å²) in [7, 11) is 0. The summed E-state index contributed by atoms with van der Waals surface area (Å²) in [6.45, 7) is 2.04. The molecule has 1 aromatic heterocycles. The number of nitrogens with two attached hydrogens (primary N) is 2. The first-order valence-corrected chi connectivity index (χ1v) is 5.98. The summed E-state index contributed by atoms with van der Waals surface area (Å²) in [5, 5.41) is 3.98. The Balaban J connectivity index is 2.13. The van der Waals surface area contributed by atoms with Crippen molar-refractivity contribution in [2.75, 3.05) is 16.8 Å². The first-order valence-electron chi connectivity index (χ1n) is 5.60. The van der Waals surface area contributed by atoms with Crippen LogP contribution in [-0.4, -0.2) is 4.98 Å². The summed E-state index contributed by atoms with van der Waals surface area (Å²) < 4.78 is 0. The van der Waals surface area contributed by atoms with E-state index in [0.717, 1.165) is 10.6 Å². The maximum Gasteiger partial charge on any atom is 0.149 e. The standard InChI is InChI=1S/C13H15ClN4/c1-8(9-2-4-10(14)5-3-9)17-12-7-6-11(15)13(16)18-12/h2-8H,15H2,1H3,(H3,16,17,18). The van der Waals surface area contributed by atoms with Crippen LogP contribution in [0.15, 0.2) is 36.4 Å². The molecule has 1 unspecified atom stereocenters. The second-order valence-corrected chi connectivity index (χ2v) is 4.52. The third-order valence-electron chi connectivity index (χ3n) is 2.69. The van der Waals surface area contributed by atoms with Crippen LogP contribution in [0.2, 0.25) is 5.02 Å². The van der Waals surface area contributed by atoms with Gasteiger partial charge in [0.05, 0.1) is 5.69 Å². The van der Waals surface area contributed by atoms with Crippen LogP contribution in [0, 0.1) is 0 Å². The van der Waals surface area contributed by atoms with Gasteiger partial charge in [-0.25, -0.2) is 4.98 Å². The van der Waals surface area contributed by atoms with Crippen LogP contribution in [0.4, 0.5) is 17.3 Å². The molecule has 0 bridgehead atoms. The molecule has 0 radical (unpaired) electrons. The highest BCUT2D eigenvalue weighted by atomic mass is 35.5. The number of benzene rings is 1. The molecular formula is C13H15ClN4. The summed E-state index contributed by atoms with van der Waals surface area (Å²) in [4.78, 5) is 4.17. The van der Waals surface area contributed by atoms with E-state index in [2.05, 4.69) is 10.3 Å². The van der Waals surface area contributed by atoms with Crippen molar-refractivity contribution in [1.29, 1.82) is 0 Å². The lowest BCUT2D eigenvalue weighted by Crippen LogP contribution is -2.09. The maximum absolute atomic E-state index is 5.85. The highest BCUT2D eigenvalue weighted by Gasteiger charge is 2.06. The molecule has 0 fully saturated rings. The van der Waals surface area contributed by atoms with Crippen LogP contribution in [0.25, 0.3) is 0 Å². The van der Waals surface area contributed by atoms with Gasteiger partial charge in [0.1, 0.15) is 11.6 Å². The van der Waals surface area contributed by atoms with Crippen LogP contribution in [0.3, 0.4) is 0 Å². The lowest BCUT2D eigenvalue weighted by atomic mass is 10.1. The van der Waals surface area contributed by atoms with Gasteiger partial charge in [0.25, 0.3) is 0 Å². The molecule has 0 saturated carbocycles. The third-order valence-corrected chi connectivity index (χ3v) is 2.94. The predicted octanol–water partition coefficient (Wildman–Crippen LogP) is 3.07. The number of aromatic nitrogens is 1. The molecule has 1 heterocycles. The largest absolute Gasteiger partial charge is 0.396 e. The minimum Gasteiger partial charge on any atom is -0.396 e. The third kappa shape index (κ3) is 2.84. The number of halogens is 1. The molecule has 0 aliphatic heterocycles. The highest BCUT2D eigenvalue weighted by Crippen LogP contribution is 2.21. The molecule has 2 rings (SSSR count). The smallest absolute Gasteiger partial charge is 0.149 e. The summed E-state index contributed by atoms with van der Waals surface area (Å²) in [5.41, 5.74) is 12.9. The Hall–Kier alpha value is -1.94. The summed E-state index contributed by atoms with van der Waals surface area (Å²) >= 11 is 5.85. The number of nitrogen functional groups attached to an aromatic ring is 2. The molecule has 4 nitrogen and oxygen atoms in total. The number of nitrogens with one attached hydrogen (secondary N) is 1. The minimum atomic E-state index is 0.109. The Morgan fingerprint density at radius 1 is 1.11 bits per heavy atom. The van der Waals surface area contributed by atoms with Crippen molar-refractivity contribution in [2.45, 2.75) is 13.0 Å². The van der Waals surface area contributed by atoms with Crippen molar-refractivity contribution in [3.63, 3.8) is 0 Å². The molecule has 94 valence electrons. The quantitative estimate of drug-likeness (QED) is 0.794. The van der Waals surface area contributed by atoms with E-state index in [1.807, 2.05) is 31.2 Å². The zero-order valence-electron chi connectivity index (χ0n) is 10.0. The van der Waals surface area contributed by atoms with E-state index < -0.39 is 0 Å². The topological polar surface area (TPSA) is 77.0 Å². The number of hydrogen-bond acceptors (Lipinski definition) is 4. The maximum atomic E-state index is 5.85. The van der Waals surface area contributed by atoms with Crippen LogP contribution in [0.1, 0.15) is 18.5 Å². The average molecular weight is 263 g/mol. The lowest BCUT2D eigenvalue weighted by molar-refractivity contribution is 0.875. The van der Waals surface area contributed by atoms with E-state index in [1.54, 1.807) is 12.1 Å². The molecule has 0 aliphatic rings. The van der Waals surface area contributed by atoms with Crippen LogP contribution < -0.4 is 16.8 Å². The first-order chi connectivity index (χ1) is 8.56. The van der Waals surface area contributed by atoms with E-state index in [9.17, 15) is 0 Å². The fourth-order valence-corrected chi connectivity index (χ4v) is 1.75. The molecule has 0 saturated heterocycles. The Morgan fingerprint density at radius 3 is 2.39 bits per heavy atom. The normalized spacial score (nSPS) is 12.1. The second-order valence-electron chi connectivity index (χ2n) is 4.09. The molecule has 1 aromatic carbocycles. The van der Waals surface area contributed by atoms with Gasteiger partial charge in [0.15, 0.2) is 0 Å². The summed E-state index contributed by atoms with van der Waals surface area (Å²) in [5.74, 6) is 1.03. The fraction of sp³-hybridized carbons (Fsp3) is 0.154. The number of nitrogens with zero attached hydrogens (tertiary/aromatic N) is 1. The molecular weight excluding hydrogens is 248 g/mol.